The first-order valence-corrected chi connectivity index (χ1v) is 10.1. The Morgan fingerprint density at radius 1 is 1.20 bits per heavy atom. The van der Waals surface area contributed by atoms with Crippen LogP contribution < -0.4 is 5.73 Å². The van der Waals surface area contributed by atoms with E-state index in [2.05, 4.69) is 15.1 Å². The second kappa shape index (κ2) is 9.13. The summed E-state index contributed by atoms with van der Waals surface area (Å²) in [4.78, 5) is 22.9. The third kappa shape index (κ3) is 4.71. The molecule has 1 saturated heterocycles. The van der Waals surface area contributed by atoms with Crippen molar-refractivity contribution in [2.45, 2.75) is 37.6 Å². The van der Waals surface area contributed by atoms with E-state index in [1.54, 1.807) is 30.6 Å². The quantitative estimate of drug-likeness (QED) is 0.672. The van der Waals surface area contributed by atoms with Gasteiger partial charge in [0.2, 0.25) is 17.6 Å². The molecule has 7 nitrogen and oxygen atoms in total. The van der Waals surface area contributed by atoms with Gasteiger partial charge in [-0.05, 0) is 43.0 Å². The minimum Gasteiger partial charge on any atom is -0.343 e. The Kier molecular flexibility index (Phi) is 6.13. The normalized spacial score (nSPS) is 15.9. The van der Waals surface area contributed by atoms with Crippen LogP contribution in [0.5, 0.6) is 0 Å². The van der Waals surface area contributed by atoms with Gasteiger partial charge < -0.3 is 15.2 Å². The monoisotopic (exact) mass is 409 g/mol. The van der Waals surface area contributed by atoms with Crippen LogP contribution in [0.2, 0.25) is 0 Å². The molecule has 1 aliphatic heterocycles. The van der Waals surface area contributed by atoms with Gasteiger partial charge in [0.25, 0.3) is 0 Å². The number of likely N-dealkylation sites (tertiary alicyclic amines) is 1. The second-order valence-electron chi connectivity index (χ2n) is 7.61. The van der Waals surface area contributed by atoms with Gasteiger partial charge >= 0.3 is 0 Å². The molecule has 1 aromatic carbocycles. The highest BCUT2D eigenvalue weighted by Gasteiger charge is 2.28. The van der Waals surface area contributed by atoms with Crippen LogP contribution in [0.1, 0.15) is 36.6 Å². The van der Waals surface area contributed by atoms with Crippen molar-refractivity contribution in [3.8, 4) is 11.4 Å². The maximum absolute atomic E-state index is 13.8. The molecule has 0 unspecified atom stereocenters. The Hall–Kier alpha value is -3.13. The molecule has 4 rings (SSSR count). The molecule has 3 aromatic rings. The van der Waals surface area contributed by atoms with Crippen LogP contribution in [-0.2, 0) is 11.2 Å². The van der Waals surface area contributed by atoms with E-state index in [1.807, 2.05) is 17.0 Å². The standard InChI is InChI=1S/C22H24FN5O2/c23-19-4-2-1-3-17(19)13-18(24)14-20(29)28-11-7-16(8-12-28)22-26-21(27-30-22)15-5-9-25-10-6-15/h1-6,9-10,16,18H,7-8,11-14,24H2/t18-/m1/s1. The van der Waals surface area contributed by atoms with E-state index in [0.717, 1.165) is 18.4 Å². The van der Waals surface area contributed by atoms with Gasteiger partial charge in [0.1, 0.15) is 5.82 Å². The van der Waals surface area contributed by atoms with Crippen molar-refractivity contribution < 1.29 is 13.7 Å². The molecule has 156 valence electrons. The fourth-order valence-electron chi connectivity index (χ4n) is 3.77. The van der Waals surface area contributed by atoms with E-state index in [1.165, 1.54) is 6.07 Å². The third-order valence-electron chi connectivity index (χ3n) is 5.45. The number of pyridine rings is 1. The average Bonchev–Trinajstić information content (AvgIpc) is 3.26. The second-order valence-corrected chi connectivity index (χ2v) is 7.61. The molecular formula is C22H24FN5O2. The van der Waals surface area contributed by atoms with Crippen LogP contribution in [0.25, 0.3) is 11.4 Å². The Morgan fingerprint density at radius 2 is 1.93 bits per heavy atom. The van der Waals surface area contributed by atoms with Crippen molar-refractivity contribution in [3.05, 3.63) is 66.1 Å². The van der Waals surface area contributed by atoms with Crippen molar-refractivity contribution in [1.82, 2.24) is 20.0 Å². The van der Waals surface area contributed by atoms with E-state index in [0.29, 0.717) is 36.8 Å². The first kappa shape index (κ1) is 20.2. The molecule has 1 fully saturated rings. The van der Waals surface area contributed by atoms with Crippen LogP contribution in [-0.4, -0.2) is 45.1 Å². The van der Waals surface area contributed by atoms with Gasteiger partial charge in [-0.25, -0.2) is 4.39 Å². The molecule has 8 heteroatoms. The highest BCUT2D eigenvalue weighted by atomic mass is 19.1. The van der Waals surface area contributed by atoms with Gasteiger partial charge in [-0.3, -0.25) is 9.78 Å². The van der Waals surface area contributed by atoms with Crippen LogP contribution in [0.3, 0.4) is 0 Å². The lowest BCUT2D eigenvalue weighted by Gasteiger charge is -2.31. The summed E-state index contributed by atoms with van der Waals surface area (Å²) in [7, 11) is 0. The number of carbonyl (C=O) groups is 1. The summed E-state index contributed by atoms with van der Waals surface area (Å²) in [6.45, 7) is 1.23. The Balaban J connectivity index is 1.28. The number of nitrogens with two attached hydrogens (primary N) is 1. The van der Waals surface area contributed by atoms with E-state index >= 15 is 0 Å². The number of nitrogens with zero attached hydrogens (tertiary/aromatic N) is 4. The van der Waals surface area contributed by atoms with Gasteiger partial charge in [0.05, 0.1) is 0 Å². The lowest BCUT2D eigenvalue weighted by atomic mass is 9.96. The molecule has 0 saturated carbocycles. The minimum absolute atomic E-state index is 0.000271. The van der Waals surface area contributed by atoms with Crippen molar-refractivity contribution >= 4 is 5.91 Å². The molecule has 30 heavy (non-hydrogen) atoms. The number of hydrogen-bond acceptors (Lipinski definition) is 6. The van der Waals surface area contributed by atoms with E-state index < -0.39 is 6.04 Å². The number of benzene rings is 1. The number of carbonyl (C=O) groups excluding carboxylic acids is 1. The maximum atomic E-state index is 13.8. The molecule has 3 heterocycles. The van der Waals surface area contributed by atoms with Gasteiger partial charge in [-0.2, -0.15) is 4.98 Å². The van der Waals surface area contributed by atoms with Crippen LogP contribution >= 0.6 is 0 Å². The summed E-state index contributed by atoms with van der Waals surface area (Å²) >= 11 is 0. The zero-order chi connectivity index (χ0) is 20.9. The number of aromatic nitrogens is 3. The predicted octanol–water partition coefficient (Wildman–Crippen LogP) is 2.94. The topological polar surface area (TPSA) is 98.1 Å². The zero-order valence-electron chi connectivity index (χ0n) is 16.6. The molecule has 1 aliphatic rings. The third-order valence-corrected chi connectivity index (χ3v) is 5.45. The number of rotatable bonds is 6. The molecule has 0 aliphatic carbocycles. The fraction of sp³-hybridized carbons (Fsp3) is 0.364. The van der Waals surface area contributed by atoms with Crippen molar-refractivity contribution in [3.63, 3.8) is 0 Å². The summed E-state index contributed by atoms with van der Waals surface area (Å²) in [5, 5.41) is 4.06. The van der Waals surface area contributed by atoms with Crippen LogP contribution in [0, 0.1) is 5.82 Å². The Morgan fingerprint density at radius 3 is 2.67 bits per heavy atom. The number of halogens is 1. The van der Waals surface area contributed by atoms with E-state index in [4.69, 9.17) is 10.3 Å². The van der Waals surface area contributed by atoms with E-state index in [-0.39, 0.29) is 24.1 Å². The van der Waals surface area contributed by atoms with Crippen LogP contribution in [0.15, 0.2) is 53.3 Å². The van der Waals surface area contributed by atoms with Crippen LogP contribution in [0.4, 0.5) is 4.39 Å². The van der Waals surface area contributed by atoms with Gasteiger partial charge in [-0.1, -0.05) is 23.4 Å². The number of hydrogen-bond donors (Lipinski definition) is 1. The minimum atomic E-state index is -0.411. The molecule has 0 radical (unpaired) electrons. The smallest absolute Gasteiger partial charge is 0.230 e. The summed E-state index contributed by atoms with van der Waals surface area (Å²) in [5.41, 5.74) is 7.50. The lowest BCUT2D eigenvalue weighted by molar-refractivity contribution is -0.132. The number of piperidine rings is 1. The first-order chi connectivity index (χ1) is 14.6. The largest absolute Gasteiger partial charge is 0.343 e. The zero-order valence-corrected chi connectivity index (χ0v) is 16.6. The molecule has 2 aromatic heterocycles. The highest BCUT2D eigenvalue weighted by molar-refractivity contribution is 5.77. The molecule has 2 N–H and O–H groups in total. The summed E-state index contributed by atoms with van der Waals surface area (Å²) in [6.07, 6.45) is 5.43. The molecule has 0 bridgehead atoms. The Bertz CT molecular complexity index is 986. The SMILES string of the molecule is N[C@@H](CC(=O)N1CCC(c2nc(-c3ccncc3)no2)CC1)Cc1ccccc1F. The summed E-state index contributed by atoms with van der Waals surface area (Å²) in [6, 6.07) is 9.78. The molecular weight excluding hydrogens is 385 g/mol. The van der Waals surface area contributed by atoms with E-state index in [9.17, 15) is 9.18 Å². The molecule has 1 amide bonds. The highest BCUT2D eigenvalue weighted by Crippen LogP contribution is 2.28. The predicted molar refractivity (Wildman–Crippen MR) is 109 cm³/mol. The first-order valence-electron chi connectivity index (χ1n) is 10.1. The van der Waals surface area contributed by atoms with Crippen molar-refractivity contribution in [1.29, 1.82) is 0 Å². The van der Waals surface area contributed by atoms with Gasteiger partial charge in [-0.15, -0.1) is 0 Å². The maximum Gasteiger partial charge on any atom is 0.230 e. The summed E-state index contributed by atoms with van der Waals surface area (Å²) < 4.78 is 19.2. The van der Waals surface area contributed by atoms with Gasteiger partial charge in [0, 0.05) is 49.4 Å². The number of amides is 1. The summed E-state index contributed by atoms with van der Waals surface area (Å²) in [5.74, 6) is 0.992. The lowest BCUT2D eigenvalue weighted by Crippen LogP contribution is -2.41. The van der Waals surface area contributed by atoms with Crippen molar-refractivity contribution in [2.24, 2.45) is 5.73 Å². The van der Waals surface area contributed by atoms with Crippen molar-refractivity contribution in [2.75, 3.05) is 13.1 Å². The fourth-order valence-corrected chi connectivity index (χ4v) is 3.77. The Labute approximate surface area is 174 Å². The molecule has 0 spiro atoms. The molecule has 1 atom stereocenters. The average molecular weight is 409 g/mol. The van der Waals surface area contributed by atoms with Gasteiger partial charge in [0.15, 0.2) is 0 Å².